The standard InChI is InChI=1S/C31H28ClFN4O4/c1-6-41-19-9-10-20(25(15-19)40-5)28-35-26-27(36(28)16(2)3)31(21-11-7-17(4)13-23(21)34-30(31)39)37(29(26)38)24-14-18(32)8-12-22(24)33/h7-16H,6H2,1-5H3,(H,34,39). The summed E-state index contributed by atoms with van der Waals surface area (Å²) in [6.07, 6.45) is 0. The lowest BCUT2D eigenvalue weighted by Crippen LogP contribution is -2.51. The van der Waals surface area contributed by atoms with E-state index in [9.17, 15) is 9.59 Å². The minimum absolute atomic E-state index is 0.0487. The Morgan fingerprint density at radius 2 is 1.88 bits per heavy atom. The van der Waals surface area contributed by atoms with Crippen molar-refractivity contribution in [2.24, 2.45) is 0 Å². The predicted octanol–water partition coefficient (Wildman–Crippen LogP) is 6.50. The molecule has 0 saturated carbocycles. The van der Waals surface area contributed by atoms with Crippen molar-refractivity contribution in [1.82, 2.24) is 9.55 Å². The molecule has 41 heavy (non-hydrogen) atoms. The van der Waals surface area contributed by atoms with E-state index in [4.69, 9.17) is 26.1 Å². The summed E-state index contributed by atoms with van der Waals surface area (Å²) >= 11 is 6.29. The molecule has 1 spiro atoms. The van der Waals surface area contributed by atoms with Gasteiger partial charge >= 0.3 is 0 Å². The highest BCUT2D eigenvalue weighted by molar-refractivity contribution is 6.31. The monoisotopic (exact) mass is 574 g/mol. The molecule has 1 aromatic heterocycles. The van der Waals surface area contributed by atoms with Gasteiger partial charge in [-0.2, -0.15) is 0 Å². The molecule has 0 fully saturated rings. The van der Waals surface area contributed by atoms with Crippen LogP contribution in [-0.4, -0.2) is 35.1 Å². The number of aromatic nitrogens is 2. The Kier molecular flexibility index (Phi) is 6.30. The van der Waals surface area contributed by atoms with Crippen LogP contribution < -0.4 is 19.7 Å². The number of nitrogens with one attached hydrogen (secondary N) is 1. The Labute approximate surface area is 241 Å². The van der Waals surface area contributed by atoms with Crippen molar-refractivity contribution < 1.29 is 23.5 Å². The van der Waals surface area contributed by atoms with Crippen LogP contribution in [0.25, 0.3) is 11.4 Å². The van der Waals surface area contributed by atoms with E-state index in [1.165, 1.54) is 23.1 Å². The van der Waals surface area contributed by atoms with E-state index in [2.05, 4.69) is 5.32 Å². The van der Waals surface area contributed by atoms with Crippen molar-refractivity contribution in [3.05, 3.63) is 88.0 Å². The lowest BCUT2D eigenvalue weighted by molar-refractivity contribution is -0.119. The number of imidazole rings is 1. The number of benzene rings is 3. The Morgan fingerprint density at radius 1 is 1.10 bits per heavy atom. The molecule has 6 rings (SSSR count). The number of carbonyl (C=O) groups excluding carboxylic acids is 2. The Bertz CT molecular complexity index is 1750. The molecule has 0 radical (unpaired) electrons. The number of methoxy groups -OCH3 is 1. The molecular formula is C31H28ClFN4O4. The van der Waals surface area contributed by atoms with Crippen LogP contribution in [0, 0.1) is 12.7 Å². The highest BCUT2D eigenvalue weighted by Crippen LogP contribution is 2.55. The van der Waals surface area contributed by atoms with Gasteiger partial charge < -0.3 is 19.4 Å². The zero-order valence-electron chi connectivity index (χ0n) is 23.2. The van der Waals surface area contributed by atoms with Gasteiger partial charge in [0.2, 0.25) is 0 Å². The summed E-state index contributed by atoms with van der Waals surface area (Å²) in [5, 5.41) is 3.18. The number of rotatable bonds is 6. The molecule has 3 heterocycles. The number of anilines is 2. The summed E-state index contributed by atoms with van der Waals surface area (Å²) in [6, 6.07) is 14.6. The molecule has 4 aromatic rings. The lowest BCUT2D eigenvalue weighted by Gasteiger charge is -2.36. The number of halogens is 2. The molecule has 2 aliphatic rings. The minimum Gasteiger partial charge on any atom is -0.496 e. The number of fused-ring (bicyclic) bond motifs is 4. The molecule has 1 unspecified atom stereocenters. The second-order valence-electron chi connectivity index (χ2n) is 10.3. The number of aryl methyl sites for hydroxylation is 1. The number of hydrogen-bond donors (Lipinski definition) is 1. The Morgan fingerprint density at radius 3 is 2.59 bits per heavy atom. The molecule has 1 N–H and O–H groups in total. The van der Waals surface area contributed by atoms with Crippen molar-refractivity contribution in [3.63, 3.8) is 0 Å². The first kappa shape index (κ1) is 26.8. The Balaban J connectivity index is 1.70. The van der Waals surface area contributed by atoms with Crippen LogP contribution >= 0.6 is 11.6 Å². The van der Waals surface area contributed by atoms with Gasteiger partial charge in [-0.25, -0.2) is 9.37 Å². The number of ether oxygens (including phenoxy) is 2. The zero-order valence-corrected chi connectivity index (χ0v) is 24.0. The summed E-state index contributed by atoms with van der Waals surface area (Å²) in [4.78, 5) is 34.7. The first-order valence-corrected chi connectivity index (χ1v) is 13.7. The van der Waals surface area contributed by atoms with Crippen LogP contribution in [0.3, 0.4) is 0 Å². The van der Waals surface area contributed by atoms with E-state index in [0.717, 1.165) is 5.56 Å². The number of amides is 2. The van der Waals surface area contributed by atoms with Crippen molar-refractivity contribution in [2.45, 2.75) is 39.3 Å². The van der Waals surface area contributed by atoms with Crippen LogP contribution in [0.15, 0.2) is 54.6 Å². The Hall–Kier alpha value is -4.37. The van der Waals surface area contributed by atoms with Gasteiger partial charge in [0.05, 0.1) is 30.7 Å². The second kappa shape index (κ2) is 9.62. The van der Waals surface area contributed by atoms with E-state index in [1.807, 2.05) is 50.5 Å². The molecule has 1 atom stereocenters. The fraction of sp³-hybridized carbons (Fsp3) is 0.258. The van der Waals surface area contributed by atoms with Gasteiger partial charge in [0, 0.05) is 28.4 Å². The largest absolute Gasteiger partial charge is 0.496 e. The molecule has 0 saturated heterocycles. The van der Waals surface area contributed by atoms with E-state index < -0.39 is 23.2 Å². The third-order valence-corrected chi connectivity index (χ3v) is 7.76. The summed E-state index contributed by atoms with van der Waals surface area (Å²) in [7, 11) is 1.55. The van der Waals surface area contributed by atoms with Crippen LogP contribution in [0.1, 0.15) is 54.1 Å². The molecule has 8 nitrogen and oxygen atoms in total. The van der Waals surface area contributed by atoms with Gasteiger partial charge in [-0.3, -0.25) is 14.5 Å². The number of hydrogen-bond acceptors (Lipinski definition) is 5. The normalized spacial score (nSPS) is 17.3. The number of nitrogens with zero attached hydrogens (tertiary/aromatic N) is 3. The van der Waals surface area contributed by atoms with Crippen LogP contribution in [-0.2, 0) is 10.3 Å². The fourth-order valence-corrected chi connectivity index (χ4v) is 6.08. The first-order valence-electron chi connectivity index (χ1n) is 13.3. The molecule has 3 aromatic carbocycles. The average molecular weight is 575 g/mol. The van der Waals surface area contributed by atoms with Crippen LogP contribution in [0.2, 0.25) is 5.02 Å². The smallest absolute Gasteiger partial charge is 0.280 e. The summed E-state index contributed by atoms with van der Waals surface area (Å²) < 4.78 is 28.7. The van der Waals surface area contributed by atoms with E-state index in [1.54, 1.807) is 25.3 Å². The van der Waals surface area contributed by atoms with Gasteiger partial charge in [-0.15, -0.1) is 0 Å². The maximum atomic E-state index is 15.5. The quantitative estimate of drug-likeness (QED) is 0.284. The first-order chi connectivity index (χ1) is 19.6. The third-order valence-electron chi connectivity index (χ3n) is 7.53. The third kappa shape index (κ3) is 3.75. The van der Waals surface area contributed by atoms with Crippen LogP contribution in [0.5, 0.6) is 11.5 Å². The molecule has 210 valence electrons. The van der Waals surface area contributed by atoms with Gasteiger partial charge in [0.25, 0.3) is 11.8 Å². The van der Waals surface area contributed by atoms with Gasteiger partial charge in [-0.05, 0) is 69.7 Å². The van der Waals surface area contributed by atoms with Crippen molar-refractivity contribution in [1.29, 1.82) is 0 Å². The minimum atomic E-state index is -1.74. The summed E-state index contributed by atoms with van der Waals surface area (Å²) in [5.41, 5.74) is 1.14. The van der Waals surface area contributed by atoms with Crippen molar-refractivity contribution >= 4 is 34.8 Å². The molecule has 0 aliphatic carbocycles. The van der Waals surface area contributed by atoms with E-state index in [0.29, 0.717) is 46.4 Å². The SMILES string of the molecule is CCOc1ccc(-c2nc3c(n2C(C)C)C2(C(=O)Nc4cc(C)ccc42)N(c2cc(Cl)ccc2F)C3=O)c(OC)c1. The molecule has 2 aliphatic heterocycles. The summed E-state index contributed by atoms with van der Waals surface area (Å²) in [6.45, 7) is 8.17. The van der Waals surface area contributed by atoms with Gasteiger partial charge in [0.1, 0.15) is 23.1 Å². The van der Waals surface area contributed by atoms with Crippen LogP contribution in [0.4, 0.5) is 15.8 Å². The van der Waals surface area contributed by atoms with E-state index in [-0.39, 0.29) is 22.4 Å². The fourth-order valence-electron chi connectivity index (χ4n) is 5.91. The maximum absolute atomic E-state index is 15.5. The number of carbonyl (C=O) groups is 2. The molecule has 2 amide bonds. The predicted molar refractivity (Wildman–Crippen MR) is 155 cm³/mol. The highest BCUT2D eigenvalue weighted by Gasteiger charge is 2.64. The molecule has 10 heteroatoms. The van der Waals surface area contributed by atoms with Gasteiger partial charge in [-0.1, -0.05) is 23.7 Å². The average Bonchev–Trinajstić information content (AvgIpc) is 3.54. The molecular weight excluding hydrogens is 547 g/mol. The molecule has 0 bridgehead atoms. The topological polar surface area (TPSA) is 85.7 Å². The highest BCUT2D eigenvalue weighted by atomic mass is 35.5. The van der Waals surface area contributed by atoms with Crippen molar-refractivity contribution in [3.8, 4) is 22.9 Å². The van der Waals surface area contributed by atoms with Crippen molar-refractivity contribution in [2.75, 3.05) is 23.9 Å². The summed E-state index contributed by atoms with van der Waals surface area (Å²) in [5.74, 6) is -0.236. The van der Waals surface area contributed by atoms with E-state index >= 15 is 4.39 Å². The maximum Gasteiger partial charge on any atom is 0.280 e. The second-order valence-corrected chi connectivity index (χ2v) is 10.8. The zero-order chi connectivity index (χ0) is 29.2. The van der Waals surface area contributed by atoms with Gasteiger partial charge in [0.15, 0.2) is 11.2 Å². The lowest BCUT2D eigenvalue weighted by atomic mass is 9.86.